The summed E-state index contributed by atoms with van der Waals surface area (Å²) in [5.74, 6) is 0.998. The summed E-state index contributed by atoms with van der Waals surface area (Å²) in [7, 11) is -3.68. The van der Waals surface area contributed by atoms with E-state index in [9.17, 15) is 12.8 Å². The molecule has 1 aliphatic heterocycles. The molecule has 7 heteroatoms. The van der Waals surface area contributed by atoms with Crippen molar-refractivity contribution < 1.29 is 12.8 Å². The quantitative estimate of drug-likeness (QED) is 0.803. The maximum Gasteiger partial charge on any atom is 0.243 e. The molecule has 1 aromatic carbocycles. The van der Waals surface area contributed by atoms with Gasteiger partial charge < -0.3 is 0 Å². The van der Waals surface area contributed by atoms with Gasteiger partial charge in [-0.3, -0.25) is 0 Å². The minimum Gasteiger partial charge on any atom is -0.207 e. The summed E-state index contributed by atoms with van der Waals surface area (Å²) in [6.45, 7) is 2.32. The largest absolute Gasteiger partial charge is 0.243 e. The number of sulfonamides is 1. The van der Waals surface area contributed by atoms with Crippen molar-refractivity contribution in [1.29, 1.82) is 0 Å². The summed E-state index contributed by atoms with van der Waals surface area (Å²) in [4.78, 5) is -0.0127. The first-order valence-electron chi connectivity index (χ1n) is 5.91. The molecule has 0 saturated carbocycles. The second-order valence-electron chi connectivity index (χ2n) is 4.43. The predicted octanol–water partition coefficient (Wildman–Crippen LogP) is 2.69. The van der Waals surface area contributed by atoms with Gasteiger partial charge in [-0.15, -0.1) is 11.6 Å². The minimum absolute atomic E-state index is 0.0127. The summed E-state index contributed by atoms with van der Waals surface area (Å²) in [6, 6.07) is 3.63. The fourth-order valence-corrected chi connectivity index (χ4v) is 5.48. The van der Waals surface area contributed by atoms with Gasteiger partial charge in [0.05, 0.1) is 4.90 Å². The highest BCUT2D eigenvalue weighted by atomic mass is 35.5. The van der Waals surface area contributed by atoms with Crippen molar-refractivity contribution in [1.82, 2.24) is 4.31 Å². The molecule has 0 spiro atoms. The summed E-state index contributed by atoms with van der Waals surface area (Å²) in [5.41, 5.74) is 0.438. The Hall–Kier alpha value is -0.300. The van der Waals surface area contributed by atoms with E-state index in [1.807, 2.05) is 6.92 Å². The van der Waals surface area contributed by atoms with Crippen molar-refractivity contribution in [2.24, 2.45) is 0 Å². The van der Waals surface area contributed by atoms with Crippen LogP contribution in [0, 0.1) is 5.82 Å². The molecule has 2 rings (SSSR count). The molecule has 0 aliphatic carbocycles. The zero-order chi connectivity index (χ0) is 14.0. The smallest absolute Gasteiger partial charge is 0.207 e. The van der Waals surface area contributed by atoms with Crippen molar-refractivity contribution in [3.8, 4) is 0 Å². The highest BCUT2D eigenvalue weighted by Crippen LogP contribution is 2.27. The van der Waals surface area contributed by atoms with Crippen LogP contribution in [0.5, 0.6) is 0 Å². The molecule has 1 aromatic rings. The minimum atomic E-state index is -3.68. The third-order valence-corrected chi connectivity index (χ3v) is 6.64. The first kappa shape index (κ1) is 15.1. The maximum absolute atomic E-state index is 13.3. The van der Waals surface area contributed by atoms with Gasteiger partial charge in [0.25, 0.3) is 0 Å². The summed E-state index contributed by atoms with van der Waals surface area (Å²) in [5, 5.41) is 0. The molecule has 1 heterocycles. The van der Waals surface area contributed by atoms with Crippen LogP contribution in [-0.4, -0.2) is 36.8 Å². The Labute approximate surface area is 122 Å². The number of hydrogen-bond donors (Lipinski definition) is 0. The highest BCUT2D eigenvalue weighted by molar-refractivity contribution is 7.99. The molecule has 1 aliphatic rings. The van der Waals surface area contributed by atoms with Crippen LogP contribution in [-0.2, 0) is 15.9 Å². The molecular weight excluding hydrogens is 309 g/mol. The van der Waals surface area contributed by atoms with Gasteiger partial charge in [0.2, 0.25) is 10.0 Å². The number of benzene rings is 1. The number of nitrogens with zero attached hydrogens (tertiary/aromatic N) is 1. The predicted molar refractivity (Wildman–Crippen MR) is 76.6 cm³/mol. The van der Waals surface area contributed by atoms with E-state index in [-0.39, 0.29) is 16.8 Å². The summed E-state index contributed by atoms with van der Waals surface area (Å²) >= 11 is 7.48. The molecule has 19 heavy (non-hydrogen) atoms. The third-order valence-electron chi connectivity index (χ3n) is 3.07. The monoisotopic (exact) mass is 323 g/mol. The molecule has 1 fully saturated rings. The average molecular weight is 324 g/mol. The topological polar surface area (TPSA) is 37.4 Å². The van der Waals surface area contributed by atoms with Gasteiger partial charge in [-0.25, -0.2) is 12.8 Å². The van der Waals surface area contributed by atoms with Crippen molar-refractivity contribution in [2.45, 2.75) is 23.7 Å². The van der Waals surface area contributed by atoms with Crippen LogP contribution < -0.4 is 0 Å². The molecule has 1 unspecified atom stereocenters. The second-order valence-corrected chi connectivity index (χ2v) is 7.70. The molecule has 1 saturated heterocycles. The van der Waals surface area contributed by atoms with Crippen molar-refractivity contribution >= 4 is 33.4 Å². The molecule has 106 valence electrons. The van der Waals surface area contributed by atoms with Gasteiger partial charge in [-0.1, -0.05) is 6.07 Å². The van der Waals surface area contributed by atoms with Crippen LogP contribution in [0.4, 0.5) is 4.39 Å². The van der Waals surface area contributed by atoms with Gasteiger partial charge >= 0.3 is 0 Å². The Morgan fingerprint density at radius 1 is 1.53 bits per heavy atom. The average Bonchev–Trinajstić information content (AvgIpc) is 2.39. The van der Waals surface area contributed by atoms with E-state index in [1.54, 1.807) is 11.8 Å². The molecule has 0 N–H and O–H groups in total. The first-order valence-corrected chi connectivity index (χ1v) is 9.03. The van der Waals surface area contributed by atoms with Crippen LogP contribution in [0.25, 0.3) is 0 Å². The van der Waals surface area contributed by atoms with Crippen molar-refractivity contribution in [3.63, 3.8) is 0 Å². The molecule has 0 bridgehead atoms. The lowest BCUT2D eigenvalue weighted by molar-refractivity contribution is 0.367. The Kier molecular flexibility index (Phi) is 4.76. The third kappa shape index (κ3) is 3.07. The van der Waals surface area contributed by atoms with Gasteiger partial charge in [0, 0.05) is 30.0 Å². The second kappa shape index (κ2) is 5.99. The summed E-state index contributed by atoms with van der Waals surface area (Å²) in [6.07, 6.45) is 0. The van der Waals surface area contributed by atoms with E-state index in [0.717, 1.165) is 17.6 Å². The van der Waals surface area contributed by atoms with Gasteiger partial charge in [0.15, 0.2) is 0 Å². The standard InChI is InChI=1S/C12H15ClFNO2S2/c1-9-8-18-5-4-15(9)19(16,17)12-6-11(14)3-2-10(12)7-13/h2-3,6,9H,4-5,7-8H2,1H3. The Morgan fingerprint density at radius 3 is 2.89 bits per heavy atom. The number of halogens is 2. The lowest BCUT2D eigenvalue weighted by atomic mass is 10.2. The first-order chi connectivity index (χ1) is 8.96. The fourth-order valence-electron chi connectivity index (χ4n) is 2.07. The van der Waals surface area contributed by atoms with Crippen molar-refractivity contribution in [2.75, 3.05) is 18.1 Å². The van der Waals surface area contributed by atoms with Gasteiger partial charge in [-0.05, 0) is 24.6 Å². The molecular formula is C12H15ClFNO2S2. The SMILES string of the molecule is CC1CSCCN1S(=O)(=O)c1cc(F)ccc1CCl. The lowest BCUT2D eigenvalue weighted by Crippen LogP contribution is -2.44. The lowest BCUT2D eigenvalue weighted by Gasteiger charge is -2.32. The van der Waals surface area contributed by atoms with E-state index in [0.29, 0.717) is 12.1 Å². The van der Waals surface area contributed by atoms with E-state index in [4.69, 9.17) is 11.6 Å². The number of rotatable bonds is 3. The van der Waals surface area contributed by atoms with Crippen LogP contribution in [0.2, 0.25) is 0 Å². The Bertz CT molecular complexity index is 565. The molecule has 3 nitrogen and oxygen atoms in total. The fraction of sp³-hybridized carbons (Fsp3) is 0.500. The number of alkyl halides is 1. The van der Waals surface area contributed by atoms with E-state index in [2.05, 4.69) is 0 Å². The molecule has 0 aromatic heterocycles. The molecule has 0 radical (unpaired) electrons. The van der Waals surface area contributed by atoms with Crippen LogP contribution >= 0.6 is 23.4 Å². The Morgan fingerprint density at radius 2 is 2.26 bits per heavy atom. The zero-order valence-corrected chi connectivity index (χ0v) is 12.9. The van der Waals surface area contributed by atoms with Crippen LogP contribution in [0.3, 0.4) is 0 Å². The van der Waals surface area contributed by atoms with Gasteiger partial charge in [0.1, 0.15) is 5.82 Å². The van der Waals surface area contributed by atoms with Crippen LogP contribution in [0.15, 0.2) is 23.1 Å². The van der Waals surface area contributed by atoms with E-state index >= 15 is 0 Å². The molecule has 1 atom stereocenters. The zero-order valence-electron chi connectivity index (χ0n) is 10.5. The Balaban J connectivity index is 2.46. The number of thioether (sulfide) groups is 1. The normalized spacial score (nSPS) is 21.5. The van der Waals surface area contributed by atoms with Crippen LogP contribution in [0.1, 0.15) is 12.5 Å². The van der Waals surface area contributed by atoms with Crippen molar-refractivity contribution in [3.05, 3.63) is 29.6 Å². The summed E-state index contributed by atoms with van der Waals surface area (Å²) < 4.78 is 40.0. The maximum atomic E-state index is 13.3. The van der Waals surface area contributed by atoms with E-state index < -0.39 is 15.8 Å². The van der Waals surface area contributed by atoms with E-state index in [1.165, 1.54) is 16.4 Å². The molecule has 0 amide bonds. The number of hydrogen-bond acceptors (Lipinski definition) is 3. The highest BCUT2D eigenvalue weighted by Gasteiger charge is 2.32. The van der Waals surface area contributed by atoms with Gasteiger partial charge in [-0.2, -0.15) is 16.1 Å².